The maximum atomic E-state index is 13.4. The Morgan fingerprint density at radius 3 is 2.85 bits per heavy atom. The molecule has 3 aromatic heterocycles. The maximum absolute atomic E-state index is 13.4. The van der Waals surface area contributed by atoms with Crippen molar-refractivity contribution in [3.63, 3.8) is 0 Å². The molecule has 0 aromatic carbocycles. The second-order valence-corrected chi connectivity index (χ2v) is 14.2. The highest BCUT2D eigenvalue weighted by Crippen LogP contribution is 2.52. The summed E-state index contributed by atoms with van der Waals surface area (Å²) in [6, 6.07) is 2.96. The van der Waals surface area contributed by atoms with E-state index in [1.807, 2.05) is 6.92 Å². The van der Waals surface area contributed by atoms with Crippen LogP contribution in [0.2, 0.25) is 0 Å². The van der Waals surface area contributed by atoms with Crippen molar-refractivity contribution in [2.24, 2.45) is 5.41 Å². The number of pyridine rings is 1. The Kier molecular flexibility index (Phi) is 7.92. The Morgan fingerprint density at radius 2 is 2.07 bits per heavy atom. The highest BCUT2D eigenvalue weighted by atomic mass is 32.2. The quantitative estimate of drug-likeness (QED) is 0.317. The van der Waals surface area contributed by atoms with Crippen LogP contribution in [-0.4, -0.2) is 70.7 Å². The Bertz CT molecular complexity index is 1500. The van der Waals surface area contributed by atoms with Gasteiger partial charge in [-0.1, -0.05) is 0 Å². The fraction of sp³-hybridized carbons (Fsp3) is 0.536. The number of carbonyl (C=O) groups excluding carboxylic acids is 1. The SMILES string of the molecule is CCOc1cncc(-c2cnc(C(=O)N[C@H](CCN3CCCC4(CC4)C3)c3cc(NS(=O)(=O)C4CC4)ccn3)s2)n1. The van der Waals surface area contributed by atoms with E-state index in [0.29, 0.717) is 64.1 Å². The van der Waals surface area contributed by atoms with E-state index in [1.165, 1.54) is 37.0 Å². The van der Waals surface area contributed by atoms with Gasteiger partial charge in [-0.25, -0.2) is 18.4 Å². The number of piperidine rings is 1. The monoisotopic (exact) mass is 597 g/mol. The lowest BCUT2D eigenvalue weighted by Gasteiger charge is -2.33. The Hall–Kier alpha value is -3.16. The summed E-state index contributed by atoms with van der Waals surface area (Å²) in [5.41, 5.74) is 2.15. The molecule has 0 bridgehead atoms. The third-order valence-electron chi connectivity index (χ3n) is 7.96. The van der Waals surface area contributed by atoms with E-state index in [2.05, 4.69) is 34.9 Å². The summed E-state index contributed by atoms with van der Waals surface area (Å²) in [7, 11) is -3.42. The average Bonchev–Trinajstić information content (AvgIpc) is 3.90. The van der Waals surface area contributed by atoms with Gasteiger partial charge in [0, 0.05) is 25.5 Å². The molecule has 4 heterocycles. The molecule has 6 rings (SSSR count). The van der Waals surface area contributed by atoms with E-state index < -0.39 is 16.1 Å². The normalized spacial score (nSPS) is 19.0. The van der Waals surface area contributed by atoms with Crippen molar-refractivity contribution in [2.45, 2.75) is 63.2 Å². The van der Waals surface area contributed by atoms with E-state index in [4.69, 9.17) is 4.74 Å². The zero-order valence-corrected chi connectivity index (χ0v) is 24.7. The molecule has 3 aliphatic rings. The Balaban J connectivity index is 1.19. The molecule has 218 valence electrons. The number of thiazole rings is 1. The van der Waals surface area contributed by atoms with E-state index >= 15 is 0 Å². The molecule has 2 saturated carbocycles. The summed E-state index contributed by atoms with van der Waals surface area (Å²) in [6.45, 7) is 5.32. The molecule has 2 aliphatic carbocycles. The number of nitrogens with one attached hydrogen (secondary N) is 2. The average molecular weight is 598 g/mol. The van der Waals surface area contributed by atoms with Crippen LogP contribution in [0.3, 0.4) is 0 Å². The van der Waals surface area contributed by atoms with Gasteiger partial charge in [0.25, 0.3) is 5.91 Å². The lowest BCUT2D eigenvalue weighted by Crippen LogP contribution is -2.39. The lowest BCUT2D eigenvalue weighted by atomic mass is 9.94. The van der Waals surface area contributed by atoms with Gasteiger partial charge in [-0.3, -0.25) is 19.5 Å². The number of sulfonamides is 1. The molecule has 11 nitrogen and oxygen atoms in total. The predicted octanol–water partition coefficient (Wildman–Crippen LogP) is 4.04. The van der Waals surface area contributed by atoms with Crippen molar-refractivity contribution < 1.29 is 17.9 Å². The van der Waals surface area contributed by atoms with E-state index in [0.717, 1.165) is 19.6 Å². The van der Waals surface area contributed by atoms with Crippen LogP contribution >= 0.6 is 11.3 Å². The van der Waals surface area contributed by atoms with Crippen LogP contribution in [0.1, 0.15) is 73.4 Å². The Labute approximate surface area is 244 Å². The number of hydrogen-bond donors (Lipinski definition) is 2. The van der Waals surface area contributed by atoms with E-state index in [1.54, 1.807) is 36.9 Å². The topological polar surface area (TPSA) is 139 Å². The van der Waals surface area contributed by atoms with Crippen molar-refractivity contribution in [1.82, 2.24) is 30.2 Å². The number of hydrogen-bond acceptors (Lipinski definition) is 10. The molecule has 1 saturated heterocycles. The number of amides is 1. The highest BCUT2D eigenvalue weighted by molar-refractivity contribution is 7.93. The van der Waals surface area contributed by atoms with Gasteiger partial charge in [-0.2, -0.15) is 0 Å². The second-order valence-electron chi connectivity index (χ2n) is 11.2. The molecular formula is C28H35N7O4S2. The summed E-state index contributed by atoms with van der Waals surface area (Å²) in [5, 5.41) is 3.10. The van der Waals surface area contributed by atoms with Gasteiger partial charge < -0.3 is 15.0 Å². The van der Waals surface area contributed by atoms with Crippen LogP contribution in [0.5, 0.6) is 5.88 Å². The first-order valence-corrected chi connectivity index (χ1v) is 16.6. The molecule has 13 heteroatoms. The first-order chi connectivity index (χ1) is 19.8. The van der Waals surface area contributed by atoms with Gasteiger partial charge in [-0.15, -0.1) is 11.3 Å². The van der Waals surface area contributed by atoms with Gasteiger partial charge in [0.15, 0.2) is 5.01 Å². The summed E-state index contributed by atoms with van der Waals surface area (Å²) < 4.78 is 33.2. The Morgan fingerprint density at radius 1 is 1.22 bits per heavy atom. The third kappa shape index (κ3) is 6.84. The minimum atomic E-state index is -3.42. The van der Waals surface area contributed by atoms with Crippen molar-refractivity contribution in [3.8, 4) is 16.5 Å². The number of anilines is 1. The predicted molar refractivity (Wildman–Crippen MR) is 156 cm³/mol. The van der Waals surface area contributed by atoms with Crippen LogP contribution in [0.4, 0.5) is 5.69 Å². The molecule has 2 N–H and O–H groups in total. The largest absolute Gasteiger partial charge is 0.477 e. The van der Waals surface area contributed by atoms with Crippen LogP contribution < -0.4 is 14.8 Å². The number of carbonyl (C=O) groups is 1. The zero-order chi connectivity index (χ0) is 28.5. The van der Waals surface area contributed by atoms with Crippen molar-refractivity contribution in [2.75, 3.05) is 31.0 Å². The lowest BCUT2D eigenvalue weighted by molar-refractivity contribution is 0.0924. The summed E-state index contributed by atoms with van der Waals surface area (Å²) in [5.74, 6) is 0.0988. The third-order valence-corrected chi connectivity index (χ3v) is 10.8. The fourth-order valence-corrected chi connectivity index (χ4v) is 7.57. The minimum absolute atomic E-state index is 0.300. The van der Waals surface area contributed by atoms with Crippen molar-refractivity contribution in [3.05, 3.63) is 47.6 Å². The standard InChI is InChI=1S/C28H35N7O4S2/c1-2-39-25-17-29-15-23(32-25)24-16-31-27(40-24)26(36)33-21(7-13-35-12-3-8-28(18-35)9-10-28)22-14-19(6-11-30-22)34-41(37,38)20-4-5-20/h6,11,14-17,20-21H,2-5,7-10,12-13,18H2,1H3,(H,30,34)(H,33,36)/t21-/m1/s1. The van der Waals surface area contributed by atoms with Crippen LogP contribution in [0.15, 0.2) is 36.9 Å². The molecular weight excluding hydrogens is 562 g/mol. The van der Waals surface area contributed by atoms with Gasteiger partial charge in [0.05, 0.1) is 46.6 Å². The molecule has 1 aliphatic heterocycles. The molecule has 1 spiro atoms. The molecule has 3 aromatic rings. The van der Waals surface area contributed by atoms with Gasteiger partial charge in [-0.05, 0) is 76.0 Å². The maximum Gasteiger partial charge on any atom is 0.280 e. The fourth-order valence-electron chi connectivity index (χ4n) is 5.42. The van der Waals surface area contributed by atoms with Crippen molar-refractivity contribution in [1.29, 1.82) is 0 Å². The molecule has 3 fully saturated rings. The highest BCUT2D eigenvalue weighted by Gasteiger charge is 2.45. The van der Waals surface area contributed by atoms with Gasteiger partial charge in [0.2, 0.25) is 15.9 Å². The number of rotatable bonds is 12. The first kappa shape index (κ1) is 28.0. The first-order valence-electron chi connectivity index (χ1n) is 14.2. The van der Waals surface area contributed by atoms with Crippen LogP contribution in [-0.2, 0) is 10.0 Å². The van der Waals surface area contributed by atoms with E-state index in [-0.39, 0.29) is 11.2 Å². The van der Waals surface area contributed by atoms with Crippen LogP contribution in [0, 0.1) is 5.41 Å². The summed E-state index contributed by atoms with van der Waals surface area (Å²) in [4.78, 5) is 34.2. The number of aromatic nitrogens is 4. The molecule has 1 atom stereocenters. The second kappa shape index (κ2) is 11.6. The zero-order valence-electron chi connectivity index (χ0n) is 23.1. The number of nitrogens with zero attached hydrogens (tertiary/aromatic N) is 5. The smallest absolute Gasteiger partial charge is 0.280 e. The molecule has 0 unspecified atom stereocenters. The van der Waals surface area contributed by atoms with Crippen molar-refractivity contribution >= 4 is 33.0 Å². The minimum Gasteiger partial charge on any atom is -0.477 e. The summed E-state index contributed by atoms with van der Waals surface area (Å²) in [6.07, 6.45) is 13.5. The molecule has 0 radical (unpaired) electrons. The number of ether oxygens (including phenoxy) is 1. The van der Waals surface area contributed by atoms with Gasteiger partial charge in [0.1, 0.15) is 5.69 Å². The van der Waals surface area contributed by atoms with E-state index in [9.17, 15) is 13.2 Å². The number of likely N-dealkylation sites (tertiary alicyclic amines) is 1. The summed E-state index contributed by atoms with van der Waals surface area (Å²) >= 11 is 1.23. The van der Waals surface area contributed by atoms with Crippen LogP contribution in [0.25, 0.3) is 10.6 Å². The molecule has 41 heavy (non-hydrogen) atoms. The van der Waals surface area contributed by atoms with Gasteiger partial charge >= 0.3 is 0 Å². The molecule has 1 amide bonds.